The van der Waals surface area contributed by atoms with Gasteiger partial charge in [-0.15, -0.1) is 10.2 Å². The van der Waals surface area contributed by atoms with Crippen molar-refractivity contribution >= 4 is 17.2 Å². The molecule has 7 heteroatoms. The van der Waals surface area contributed by atoms with Gasteiger partial charge in [-0.3, -0.25) is 0 Å². The highest BCUT2D eigenvalue weighted by Gasteiger charge is 2.11. The van der Waals surface area contributed by atoms with Gasteiger partial charge in [-0.05, 0) is 23.9 Å². The number of hydrogen-bond acceptors (Lipinski definition) is 6. The highest BCUT2D eigenvalue weighted by atomic mass is 16.3. The number of aliphatic hydroxyl groups is 1. The Kier molecular flexibility index (Phi) is 4.72. The van der Waals surface area contributed by atoms with Crippen LogP contribution in [0.4, 0.5) is 17.2 Å². The van der Waals surface area contributed by atoms with Gasteiger partial charge in [0.2, 0.25) is 0 Å². The lowest BCUT2D eigenvalue weighted by Crippen LogP contribution is -2.20. The van der Waals surface area contributed by atoms with Crippen molar-refractivity contribution in [3.05, 3.63) is 60.0 Å². The van der Waals surface area contributed by atoms with E-state index in [0.717, 1.165) is 12.1 Å². The molecule has 2 heterocycles. The largest absolute Gasteiger partial charge is 0.392 e. The van der Waals surface area contributed by atoms with E-state index in [1.807, 2.05) is 31.5 Å². The normalized spacial score (nSPS) is 14.4. The maximum atomic E-state index is 9.32. The van der Waals surface area contributed by atoms with Crippen LogP contribution in [-0.4, -0.2) is 33.4 Å². The second kappa shape index (κ2) is 7.10. The molecular formula is C17H20N6O. The smallest absolute Gasteiger partial charge is 0.150 e. The molecule has 0 bridgehead atoms. The number of aliphatic hydroxyl groups excluding tert-OH is 1. The molecule has 0 aliphatic carbocycles. The van der Waals surface area contributed by atoms with E-state index in [4.69, 9.17) is 5.73 Å². The predicted molar refractivity (Wildman–Crippen MR) is 93.0 cm³/mol. The molecule has 1 aromatic heterocycles. The number of hydrogen-bond donors (Lipinski definition) is 2. The van der Waals surface area contributed by atoms with Crippen molar-refractivity contribution in [2.24, 2.45) is 10.2 Å². The number of likely N-dealkylation sites (N-methyl/N-ethyl adjacent to an activating group) is 1. The van der Waals surface area contributed by atoms with Crippen molar-refractivity contribution in [1.82, 2.24) is 14.7 Å². The molecule has 0 amide bonds. The van der Waals surface area contributed by atoms with Crippen LogP contribution in [0.2, 0.25) is 0 Å². The van der Waals surface area contributed by atoms with E-state index in [-0.39, 0.29) is 6.61 Å². The maximum absolute atomic E-state index is 9.32. The van der Waals surface area contributed by atoms with Crippen LogP contribution in [0.5, 0.6) is 0 Å². The number of allylic oxidation sites excluding steroid dienone is 2. The van der Waals surface area contributed by atoms with E-state index >= 15 is 0 Å². The monoisotopic (exact) mass is 324 g/mol. The number of rotatable bonds is 5. The Balaban J connectivity index is 1.76. The zero-order valence-electron chi connectivity index (χ0n) is 13.5. The fourth-order valence-electron chi connectivity index (χ4n) is 2.48. The Morgan fingerprint density at radius 3 is 2.83 bits per heavy atom. The Morgan fingerprint density at radius 2 is 2.04 bits per heavy atom. The predicted octanol–water partition coefficient (Wildman–Crippen LogP) is 2.76. The molecule has 24 heavy (non-hydrogen) atoms. The SMILES string of the molecule is CN1C=CC=C(Cn2ncc(N=Nc3ccccc3CO)c2N)C1. The van der Waals surface area contributed by atoms with Crippen molar-refractivity contribution in [2.75, 3.05) is 19.3 Å². The van der Waals surface area contributed by atoms with Gasteiger partial charge in [0.1, 0.15) is 11.5 Å². The topological polar surface area (TPSA) is 92.0 Å². The third-order valence-electron chi connectivity index (χ3n) is 3.77. The number of azo groups is 1. The quantitative estimate of drug-likeness (QED) is 0.827. The van der Waals surface area contributed by atoms with Gasteiger partial charge in [0.05, 0.1) is 25.0 Å². The first-order valence-corrected chi connectivity index (χ1v) is 7.65. The van der Waals surface area contributed by atoms with Crippen molar-refractivity contribution in [2.45, 2.75) is 13.2 Å². The Labute approximate surface area is 140 Å². The summed E-state index contributed by atoms with van der Waals surface area (Å²) < 4.78 is 1.71. The van der Waals surface area contributed by atoms with Gasteiger partial charge in [-0.2, -0.15) is 5.10 Å². The van der Waals surface area contributed by atoms with E-state index in [1.54, 1.807) is 23.0 Å². The second-order valence-corrected chi connectivity index (χ2v) is 5.64. The molecular weight excluding hydrogens is 304 g/mol. The van der Waals surface area contributed by atoms with Gasteiger partial charge >= 0.3 is 0 Å². The summed E-state index contributed by atoms with van der Waals surface area (Å²) in [5, 5.41) is 22.0. The van der Waals surface area contributed by atoms with Gasteiger partial charge < -0.3 is 15.7 Å². The molecule has 0 atom stereocenters. The summed E-state index contributed by atoms with van der Waals surface area (Å²) in [6.45, 7) is 1.37. The fraction of sp³-hybridized carbons (Fsp3) is 0.235. The maximum Gasteiger partial charge on any atom is 0.150 e. The molecule has 0 radical (unpaired) electrons. The molecule has 3 N–H and O–H groups in total. The van der Waals surface area contributed by atoms with Crippen LogP contribution in [0.25, 0.3) is 0 Å². The first-order valence-electron chi connectivity index (χ1n) is 7.65. The van der Waals surface area contributed by atoms with Crippen LogP contribution in [0.1, 0.15) is 5.56 Å². The lowest BCUT2D eigenvalue weighted by atomic mass is 10.2. The molecule has 0 saturated carbocycles. The van der Waals surface area contributed by atoms with Crippen molar-refractivity contribution in [1.29, 1.82) is 0 Å². The third-order valence-corrected chi connectivity index (χ3v) is 3.77. The fourth-order valence-corrected chi connectivity index (χ4v) is 2.48. The standard InChI is InChI=1S/C17H20N6O/c1-22-8-4-5-13(10-22)11-23-17(18)16(9-19-23)21-20-15-7-3-2-6-14(15)12-24/h2-9,24H,10-12,18H2,1H3. The van der Waals surface area contributed by atoms with Crippen LogP contribution < -0.4 is 5.73 Å². The zero-order chi connectivity index (χ0) is 16.9. The zero-order valence-corrected chi connectivity index (χ0v) is 13.5. The van der Waals surface area contributed by atoms with E-state index in [0.29, 0.717) is 23.7 Å². The van der Waals surface area contributed by atoms with Crippen LogP contribution in [0.3, 0.4) is 0 Å². The third kappa shape index (κ3) is 3.52. The molecule has 1 aromatic carbocycles. The number of anilines is 1. The molecule has 0 fully saturated rings. The highest BCUT2D eigenvalue weighted by Crippen LogP contribution is 2.26. The molecule has 0 unspecified atom stereocenters. The number of nitrogen functional groups attached to an aromatic ring is 1. The molecule has 1 aliphatic rings. The second-order valence-electron chi connectivity index (χ2n) is 5.64. The summed E-state index contributed by atoms with van der Waals surface area (Å²) in [5.41, 5.74) is 9.19. The lowest BCUT2D eigenvalue weighted by Gasteiger charge is -2.20. The van der Waals surface area contributed by atoms with Crippen molar-refractivity contribution in [3.63, 3.8) is 0 Å². The number of nitrogens with two attached hydrogens (primary N) is 1. The average molecular weight is 324 g/mol. The van der Waals surface area contributed by atoms with E-state index in [2.05, 4.69) is 26.3 Å². The number of benzene rings is 1. The van der Waals surface area contributed by atoms with Crippen molar-refractivity contribution < 1.29 is 5.11 Å². The van der Waals surface area contributed by atoms with Crippen LogP contribution >= 0.6 is 0 Å². The average Bonchev–Trinajstić information content (AvgIpc) is 2.93. The van der Waals surface area contributed by atoms with Crippen LogP contribution in [-0.2, 0) is 13.2 Å². The molecule has 1 aliphatic heterocycles. The molecule has 7 nitrogen and oxygen atoms in total. The van der Waals surface area contributed by atoms with Gasteiger partial charge in [0, 0.05) is 19.2 Å². The molecule has 124 valence electrons. The Morgan fingerprint density at radius 1 is 1.25 bits per heavy atom. The van der Waals surface area contributed by atoms with Gasteiger partial charge in [0.15, 0.2) is 0 Å². The molecule has 3 rings (SSSR count). The minimum Gasteiger partial charge on any atom is -0.392 e. The van der Waals surface area contributed by atoms with Crippen LogP contribution in [0.15, 0.2) is 64.6 Å². The van der Waals surface area contributed by atoms with Crippen LogP contribution in [0, 0.1) is 0 Å². The Hall–Kier alpha value is -2.93. The minimum atomic E-state index is -0.0842. The van der Waals surface area contributed by atoms with Crippen molar-refractivity contribution in [3.8, 4) is 0 Å². The van der Waals surface area contributed by atoms with Gasteiger partial charge in [-0.1, -0.05) is 24.3 Å². The molecule has 0 saturated heterocycles. The van der Waals surface area contributed by atoms with E-state index in [1.165, 1.54) is 5.57 Å². The summed E-state index contributed by atoms with van der Waals surface area (Å²) in [6.07, 6.45) is 7.70. The minimum absolute atomic E-state index is 0.0842. The van der Waals surface area contributed by atoms with Gasteiger partial charge in [-0.25, -0.2) is 4.68 Å². The summed E-state index contributed by atoms with van der Waals surface area (Å²) >= 11 is 0. The summed E-state index contributed by atoms with van der Waals surface area (Å²) in [4.78, 5) is 2.10. The summed E-state index contributed by atoms with van der Waals surface area (Å²) in [6, 6.07) is 7.30. The highest BCUT2D eigenvalue weighted by molar-refractivity contribution is 5.57. The summed E-state index contributed by atoms with van der Waals surface area (Å²) in [7, 11) is 2.02. The number of aromatic nitrogens is 2. The Bertz CT molecular complexity index is 805. The van der Waals surface area contributed by atoms with Gasteiger partial charge in [0.25, 0.3) is 0 Å². The van der Waals surface area contributed by atoms with E-state index in [9.17, 15) is 5.11 Å². The summed E-state index contributed by atoms with van der Waals surface area (Å²) in [5.74, 6) is 0.471. The molecule has 2 aromatic rings. The molecule has 0 spiro atoms. The number of nitrogens with zero attached hydrogens (tertiary/aromatic N) is 5. The van der Waals surface area contributed by atoms with E-state index < -0.39 is 0 Å². The first-order chi connectivity index (χ1) is 11.7. The lowest BCUT2D eigenvalue weighted by molar-refractivity contribution is 0.282. The first kappa shape index (κ1) is 15.9.